The van der Waals surface area contributed by atoms with Crippen LogP contribution in [0, 0.1) is 0 Å². The number of nitrogens with one attached hydrogen (secondary N) is 1. The second-order valence-corrected chi connectivity index (χ2v) is 11.4. The van der Waals surface area contributed by atoms with Gasteiger partial charge < -0.3 is 14.8 Å². The van der Waals surface area contributed by atoms with E-state index >= 15 is 0 Å². The van der Waals surface area contributed by atoms with E-state index in [-0.39, 0.29) is 30.2 Å². The highest BCUT2D eigenvalue weighted by molar-refractivity contribution is 7.89. The predicted octanol–water partition coefficient (Wildman–Crippen LogP) is 3.88. The molecule has 1 unspecified atom stereocenters. The SMILES string of the molecule is COc1ccc(CCN(C2CC(=O)N(c3ccc(Cl)cc3)C2=O)S(=O)(=O)c2ccc(NC(C)=O)cc2)cc1OC. The summed E-state index contributed by atoms with van der Waals surface area (Å²) in [6.07, 6.45) is -0.0981. The van der Waals surface area contributed by atoms with E-state index in [2.05, 4.69) is 5.32 Å². The highest BCUT2D eigenvalue weighted by Gasteiger charge is 2.46. The van der Waals surface area contributed by atoms with Crippen molar-refractivity contribution >= 4 is 50.7 Å². The number of rotatable bonds is 10. The van der Waals surface area contributed by atoms with Crippen LogP contribution in [0.4, 0.5) is 11.4 Å². The lowest BCUT2D eigenvalue weighted by molar-refractivity contribution is -0.122. The molecule has 0 spiro atoms. The molecule has 1 heterocycles. The molecule has 40 heavy (non-hydrogen) atoms. The summed E-state index contributed by atoms with van der Waals surface area (Å²) in [6.45, 7) is 1.25. The summed E-state index contributed by atoms with van der Waals surface area (Å²) >= 11 is 5.96. The quantitative estimate of drug-likeness (QED) is 0.358. The smallest absolute Gasteiger partial charge is 0.252 e. The molecule has 1 N–H and O–H groups in total. The summed E-state index contributed by atoms with van der Waals surface area (Å²) in [5, 5.41) is 3.02. The van der Waals surface area contributed by atoms with Crippen LogP contribution in [0.5, 0.6) is 11.5 Å². The molecule has 3 amide bonds. The van der Waals surface area contributed by atoms with Crippen molar-refractivity contribution in [3.05, 3.63) is 77.3 Å². The van der Waals surface area contributed by atoms with Crippen molar-refractivity contribution in [3.63, 3.8) is 0 Å². The molecule has 0 aliphatic carbocycles. The average Bonchev–Trinajstić information content (AvgIpc) is 3.22. The Bertz CT molecular complexity index is 1530. The number of carbonyl (C=O) groups is 3. The van der Waals surface area contributed by atoms with Crippen molar-refractivity contribution in [2.75, 3.05) is 31.0 Å². The maximum absolute atomic E-state index is 13.9. The topological polar surface area (TPSA) is 122 Å². The van der Waals surface area contributed by atoms with Gasteiger partial charge in [-0.1, -0.05) is 17.7 Å². The first-order chi connectivity index (χ1) is 19.0. The van der Waals surface area contributed by atoms with Gasteiger partial charge in [0.1, 0.15) is 6.04 Å². The number of nitrogens with zero attached hydrogens (tertiary/aromatic N) is 2. The van der Waals surface area contributed by atoms with Crippen molar-refractivity contribution in [1.82, 2.24) is 4.31 Å². The third-order valence-corrected chi connectivity index (χ3v) is 8.58. The maximum atomic E-state index is 13.9. The van der Waals surface area contributed by atoms with Crippen LogP contribution in [0.2, 0.25) is 5.02 Å². The van der Waals surface area contributed by atoms with Crippen LogP contribution in [0.15, 0.2) is 71.6 Å². The molecule has 0 bridgehead atoms. The van der Waals surface area contributed by atoms with Crippen LogP contribution < -0.4 is 19.7 Å². The van der Waals surface area contributed by atoms with E-state index in [1.807, 2.05) is 0 Å². The number of benzene rings is 3. The van der Waals surface area contributed by atoms with Gasteiger partial charge in [0.05, 0.1) is 31.2 Å². The summed E-state index contributed by atoms with van der Waals surface area (Å²) < 4.78 is 39.6. The molecule has 1 aliphatic rings. The Kier molecular flexibility index (Phi) is 8.77. The van der Waals surface area contributed by atoms with Gasteiger partial charge in [0.25, 0.3) is 5.91 Å². The second kappa shape index (κ2) is 12.1. The van der Waals surface area contributed by atoms with Crippen LogP contribution in [0.3, 0.4) is 0 Å². The Morgan fingerprint density at radius 1 is 1.00 bits per heavy atom. The van der Waals surface area contributed by atoms with E-state index in [0.717, 1.165) is 14.8 Å². The Hall–Kier alpha value is -3.93. The Morgan fingerprint density at radius 2 is 1.65 bits per heavy atom. The molecule has 1 atom stereocenters. The Balaban J connectivity index is 1.69. The number of imide groups is 1. The van der Waals surface area contributed by atoms with Crippen molar-refractivity contribution in [2.45, 2.75) is 30.7 Å². The highest BCUT2D eigenvalue weighted by atomic mass is 35.5. The number of carbonyl (C=O) groups excluding carboxylic acids is 3. The number of halogens is 1. The van der Waals surface area contributed by atoms with Gasteiger partial charge in [-0.05, 0) is 72.6 Å². The van der Waals surface area contributed by atoms with E-state index in [9.17, 15) is 22.8 Å². The number of hydrogen-bond acceptors (Lipinski definition) is 7. The summed E-state index contributed by atoms with van der Waals surface area (Å²) in [5.74, 6) is -0.485. The monoisotopic (exact) mass is 585 g/mol. The molecule has 3 aromatic carbocycles. The molecule has 4 rings (SSSR count). The largest absolute Gasteiger partial charge is 0.493 e. The lowest BCUT2D eigenvalue weighted by atomic mass is 10.1. The number of ether oxygens (including phenoxy) is 2. The van der Waals surface area contributed by atoms with Gasteiger partial charge in [-0.3, -0.25) is 14.4 Å². The minimum absolute atomic E-state index is 0.0842. The first-order valence-corrected chi connectivity index (χ1v) is 14.1. The van der Waals surface area contributed by atoms with Gasteiger partial charge in [-0.2, -0.15) is 4.31 Å². The summed E-state index contributed by atoms with van der Waals surface area (Å²) in [7, 11) is -1.24. The first-order valence-electron chi connectivity index (χ1n) is 12.3. The second-order valence-electron chi connectivity index (χ2n) is 9.02. The molecule has 1 aliphatic heterocycles. The molecule has 1 fully saturated rings. The van der Waals surface area contributed by atoms with Gasteiger partial charge in [0.15, 0.2) is 11.5 Å². The number of anilines is 2. The lowest BCUT2D eigenvalue weighted by Gasteiger charge is -2.27. The summed E-state index contributed by atoms with van der Waals surface area (Å²) in [4.78, 5) is 38.9. The molecule has 10 nitrogen and oxygen atoms in total. The lowest BCUT2D eigenvalue weighted by Crippen LogP contribution is -2.46. The minimum atomic E-state index is -4.25. The highest BCUT2D eigenvalue weighted by Crippen LogP contribution is 2.32. The fourth-order valence-electron chi connectivity index (χ4n) is 4.47. The van der Waals surface area contributed by atoms with Crippen molar-refractivity contribution in [1.29, 1.82) is 0 Å². The minimum Gasteiger partial charge on any atom is -0.493 e. The predicted molar refractivity (Wildman–Crippen MR) is 150 cm³/mol. The van der Waals surface area contributed by atoms with Crippen LogP contribution >= 0.6 is 11.6 Å². The number of amides is 3. The Morgan fingerprint density at radius 3 is 2.25 bits per heavy atom. The summed E-state index contributed by atoms with van der Waals surface area (Å²) in [6, 6.07) is 15.7. The van der Waals surface area contributed by atoms with Crippen molar-refractivity contribution < 1.29 is 32.3 Å². The molecule has 0 saturated carbocycles. The van der Waals surface area contributed by atoms with E-state index in [4.69, 9.17) is 21.1 Å². The third kappa shape index (κ3) is 6.11. The van der Waals surface area contributed by atoms with Crippen LogP contribution in [-0.4, -0.2) is 57.3 Å². The van der Waals surface area contributed by atoms with Crippen LogP contribution in [0.25, 0.3) is 0 Å². The zero-order chi connectivity index (χ0) is 29.0. The van der Waals surface area contributed by atoms with Gasteiger partial charge in [-0.25, -0.2) is 13.3 Å². The number of hydrogen-bond donors (Lipinski definition) is 1. The summed E-state index contributed by atoms with van der Waals surface area (Å²) in [5.41, 5.74) is 1.47. The molecule has 0 radical (unpaired) electrons. The fraction of sp³-hybridized carbons (Fsp3) is 0.250. The molecule has 210 valence electrons. The molecule has 0 aromatic heterocycles. The number of methoxy groups -OCH3 is 2. The maximum Gasteiger partial charge on any atom is 0.252 e. The van der Waals surface area contributed by atoms with Gasteiger partial charge in [0.2, 0.25) is 21.8 Å². The van der Waals surface area contributed by atoms with Gasteiger partial charge >= 0.3 is 0 Å². The van der Waals surface area contributed by atoms with Crippen LogP contribution in [0.1, 0.15) is 18.9 Å². The standard InChI is InChI=1S/C28H28ClN3O7S/c1-18(33)30-21-7-11-23(12-8-21)40(36,37)31(15-14-19-4-13-25(38-2)26(16-19)39-3)24-17-27(34)32(28(24)35)22-9-5-20(29)6-10-22/h4-13,16,24H,14-15,17H2,1-3H3,(H,30,33). The number of sulfonamides is 1. The average molecular weight is 586 g/mol. The zero-order valence-corrected chi connectivity index (χ0v) is 23.7. The van der Waals surface area contributed by atoms with E-state index in [1.54, 1.807) is 30.3 Å². The first kappa shape index (κ1) is 29.1. The normalized spacial score (nSPS) is 15.4. The van der Waals surface area contributed by atoms with E-state index in [0.29, 0.717) is 27.9 Å². The van der Waals surface area contributed by atoms with E-state index < -0.39 is 27.9 Å². The molecule has 3 aromatic rings. The van der Waals surface area contributed by atoms with Crippen LogP contribution in [-0.2, 0) is 30.8 Å². The van der Waals surface area contributed by atoms with Gasteiger partial charge in [0, 0.05) is 24.2 Å². The fourth-order valence-corrected chi connectivity index (χ4v) is 6.18. The third-order valence-electron chi connectivity index (χ3n) is 6.41. The molecule has 12 heteroatoms. The zero-order valence-electron chi connectivity index (χ0n) is 22.1. The van der Waals surface area contributed by atoms with E-state index in [1.165, 1.54) is 57.5 Å². The van der Waals surface area contributed by atoms with Crippen molar-refractivity contribution in [3.8, 4) is 11.5 Å². The molecular formula is C28H28ClN3O7S. The van der Waals surface area contributed by atoms with Gasteiger partial charge in [-0.15, -0.1) is 0 Å². The Labute approximate surface area is 237 Å². The molecular weight excluding hydrogens is 558 g/mol. The molecule has 1 saturated heterocycles. The van der Waals surface area contributed by atoms with Crippen molar-refractivity contribution in [2.24, 2.45) is 0 Å².